The number of nitrogens with zero attached hydrogens (tertiary/aromatic N) is 1. The standard InChI is InChI=1S/C4ClF3NS/c5-3-2(4(6,7)8)10-1-9-3. The summed E-state index contributed by atoms with van der Waals surface area (Å²) >= 11 is 5.44. The first-order valence-electron chi connectivity index (χ1n) is 2.11. The average Bonchev–Trinajstić information content (AvgIpc) is 2.11. The molecular formula is C4ClF3NS. The summed E-state index contributed by atoms with van der Waals surface area (Å²) < 4.78 is 35.2. The van der Waals surface area contributed by atoms with E-state index in [9.17, 15) is 13.2 Å². The van der Waals surface area contributed by atoms with Crippen molar-refractivity contribution in [2.75, 3.05) is 0 Å². The number of alkyl halides is 3. The molecule has 0 spiro atoms. The van der Waals surface area contributed by atoms with Crippen LogP contribution in [0.15, 0.2) is 0 Å². The summed E-state index contributed by atoms with van der Waals surface area (Å²) in [5.74, 6) is 0. The fourth-order valence-corrected chi connectivity index (χ4v) is 1.17. The summed E-state index contributed by atoms with van der Waals surface area (Å²) in [6.07, 6.45) is -4.39. The molecule has 0 aliphatic rings. The Kier molecular flexibility index (Phi) is 1.87. The average molecular weight is 187 g/mol. The molecule has 0 fully saturated rings. The Morgan fingerprint density at radius 3 is 2.30 bits per heavy atom. The first-order chi connectivity index (χ1) is 4.52. The predicted molar refractivity (Wildman–Crippen MR) is 31.0 cm³/mol. The zero-order chi connectivity index (χ0) is 7.78. The van der Waals surface area contributed by atoms with E-state index in [4.69, 9.17) is 11.6 Å². The molecule has 10 heavy (non-hydrogen) atoms. The monoisotopic (exact) mass is 186 g/mol. The highest BCUT2D eigenvalue weighted by Crippen LogP contribution is 2.36. The molecule has 0 aliphatic carbocycles. The molecule has 55 valence electrons. The number of aromatic nitrogens is 1. The topological polar surface area (TPSA) is 12.9 Å². The molecule has 1 nitrogen and oxygen atoms in total. The Labute approximate surface area is 63.5 Å². The molecule has 0 saturated carbocycles. The van der Waals surface area contributed by atoms with E-state index in [1.54, 1.807) is 0 Å². The van der Waals surface area contributed by atoms with E-state index in [0.29, 0.717) is 11.3 Å². The predicted octanol–water partition coefficient (Wildman–Crippen LogP) is 2.62. The molecule has 0 unspecified atom stereocenters. The second-order valence-corrected chi connectivity index (χ2v) is 2.58. The van der Waals surface area contributed by atoms with Gasteiger partial charge in [0.2, 0.25) is 0 Å². The van der Waals surface area contributed by atoms with E-state index < -0.39 is 16.2 Å². The van der Waals surface area contributed by atoms with Crippen molar-refractivity contribution in [3.05, 3.63) is 15.5 Å². The Bertz CT molecular complexity index is 231. The number of thiazole rings is 1. The van der Waals surface area contributed by atoms with Gasteiger partial charge in [-0.2, -0.15) is 13.2 Å². The van der Waals surface area contributed by atoms with Crippen molar-refractivity contribution in [1.82, 2.24) is 4.98 Å². The highest BCUT2D eigenvalue weighted by atomic mass is 35.5. The molecule has 0 aliphatic heterocycles. The molecule has 0 amide bonds. The minimum Gasteiger partial charge on any atom is -0.221 e. The van der Waals surface area contributed by atoms with Crippen LogP contribution in [0.2, 0.25) is 5.15 Å². The van der Waals surface area contributed by atoms with Crippen LogP contribution in [0, 0.1) is 5.51 Å². The van der Waals surface area contributed by atoms with Crippen molar-refractivity contribution in [2.24, 2.45) is 0 Å². The molecule has 0 saturated heterocycles. The van der Waals surface area contributed by atoms with Crippen molar-refractivity contribution in [1.29, 1.82) is 0 Å². The van der Waals surface area contributed by atoms with Crippen molar-refractivity contribution >= 4 is 22.9 Å². The lowest BCUT2D eigenvalue weighted by Crippen LogP contribution is -2.01. The van der Waals surface area contributed by atoms with Gasteiger partial charge in [0.1, 0.15) is 4.88 Å². The van der Waals surface area contributed by atoms with Gasteiger partial charge in [-0.1, -0.05) is 11.6 Å². The molecular weight excluding hydrogens is 187 g/mol. The van der Waals surface area contributed by atoms with Gasteiger partial charge >= 0.3 is 6.18 Å². The highest BCUT2D eigenvalue weighted by molar-refractivity contribution is 7.09. The summed E-state index contributed by atoms with van der Waals surface area (Å²) in [6.45, 7) is 0. The quantitative estimate of drug-likeness (QED) is 0.607. The van der Waals surface area contributed by atoms with Crippen molar-refractivity contribution < 1.29 is 13.2 Å². The van der Waals surface area contributed by atoms with Crippen molar-refractivity contribution in [3.8, 4) is 0 Å². The summed E-state index contributed by atoms with van der Waals surface area (Å²) in [5, 5.41) is -0.530. The summed E-state index contributed by atoms with van der Waals surface area (Å²) in [7, 11) is 0. The minimum atomic E-state index is -4.39. The Hall–Kier alpha value is -0.290. The van der Waals surface area contributed by atoms with Crippen LogP contribution in [-0.2, 0) is 6.18 Å². The van der Waals surface area contributed by atoms with Crippen molar-refractivity contribution in [3.63, 3.8) is 0 Å². The van der Waals surface area contributed by atoms with Crippen LogP contribution in [0.25, 0.3) is 0 Å². The van der Waals surface area contributed by atoms with Gasteiger partial charge in [-0.25, -0.2) is 4.98 Å². The Balaban J connectivity index is 3.05. The Morgan fingerprint density at radius 1 is 1.50 bits per heavy atom. The second kappa shape index (κ2) is 2.39. The maximum Gasteiger partial charge on any atom is 0.428 e. The maximum absolute atomic E-state index is 11.7. The maximum atomic E-state index is 11.7. The van der Waals surface area contributed by atoms with E-state index >= 15 is 0 Å². The first kappa shape index (κ1) is 7.81. The van der Waals surface area contributed by atoms with E-state index in [1.807, 2.05) is 5.51 Å². The molecule has 1 heterocycles. The molecule has 0 aromatic carbocycles. The lowest BCUT2D eigenvalue weighted by atomic mass is 10.5. The molecule has 1 rings (SSSR count). The first-order valence-corrected chi connectivity index (χ1v) is 3.31. The summed E-state index contributed by atoms with van der Waals surface area (Å²) in [6, 6.07) is 0. The number of hydrogen-bond donors (Lipinski definition) is 0. The van der Waals surface area contributed by atoms with Gasteiger partial charge in [0.15, 0.2) is 10.7 Å². The normalized spacial score (nSPS) is 12.0. The lowest BCUT2D eigenvalue weighted by Gasteiger charge is -2.00. The van der Waals surface area contributed by atoms with Gasteiger partial charge in [-0.05, 0) is 0 Å². The number of halogens is 4. The van der Waals surface area contributed by atoms with E-state index in [-0.39, 0.29) is 0 Å². The van der Waals surface area contributed by atoms with Crippen LogP contribution in [-0.4, -0.2) is 4.98 Å². The van der Waals surface area contributed by atoms with Crippen LogP contribution in [0.3, 0.4) is 0 Å². The summed E-state index contributed by atoms with van der Waals surface area (Å²) in [5.41, 5.74) is 2.04. The third-order valence-electron chi connectivity index (χ3n) is 0.736. The third-order valence-corrected chi connectivity index (χ3v) is 1.93. The van der Waals surface area contributed by atoms with Gasteiger partial charge in [-0.3, -0.25) is 0 Å². The molecule has 1 aromatic heterocycles. The van der Waals surface area contributed by atoms with Gasteiger partial charge in [0.05, 0.1) is 0 Å². The smallest absolute Gasteiger partial charge is 0.221 e. The molecule has 1 aromatic rings. The van der Waals surface area contributed by atoms with Gasteiger partial charge < -0.3 is 0 Å². The SMILES string of the molecule is FC(F)(F)c1s[c]nc1Cl. The fourth-order valence-electron chi connectivity index (χ4n) is 0.376. The van der Waals surface area contributed by atoms with Crippen LogP contribution in [0.4, 0.5) is 13.2 Å². The third kappa shape index (κ3) is 1.41. The van der Waals surface area contributed by atoms with Crippen LogP contribution < -0.4 is 0 Å². The van der Waals surface area contributed by atoms with Crippen LogP contribution >= 0.6 is 22.9 Å². The number of hydrogen-bond acceptors (Lipinski definition) is 2. The van der Waals surface area contributed by atoms with Crippen molar-refractivity contribution in [2.45, 2.75) is 6.18 Å². The van der Waals surface area contributed by atoms with E-state index in [2.05, 4.69) is 4.98 Å². The Morgan fingerprint density at radius 2 is 2.10 bits per heavy atom. The fraction of sp³-hybridized carbons (Fsp3) is 0.250. The zero-order valence-corrected chi connectivity index (χ0v) is 5.94. The largest absolute Gasteiger partial charge is 0.428 e. The van der Waals surface area contributed by atoms with Crippen LogP contribution in [0.5, 0.6) is 0 Å². The van der Waals surface area contributed by atoms with E-state index in [1.165, 1.54) is 0 Å². The summed E-state index contributed by atoms with van der Waals surface area (Å²) in [4.78, 5) is 2.23. The minimum absolute atomic E-state index is 0.363. The number of rotatable bonds is 0. The molecule has 0 N–H and O–H groups in total. The molecule has 1 radical (unpaired) electrons. The highest BCUT2D eigenvalue weighted by Gasteiger charge is 2.35. The van der Waals surface area contributed by atoms with Gasteiger partial charge in [0, 0.05) is 0 Å². The zero-order valence-electron chi connectivity index (χ0n) is 4.37. The van der Waals surface area contributed by atoms with E-state index in [0.717, 1.165) is 0 Å². The lowest BCUT2D eigenvalue weighted by molar-refractivity contribution is -0.134. The molecule has 6 heteroatoms. The molecule has 0 atom stereocenters. The molecule has 0 bridgehead atoms. The van der Waals surface area contributed by atoms with Gasteiger partial charge in [0.25, 0.3) is 0 Å². The second-order valence-electron chi connectivity index (χ2n) is 1.42. The van der Waals surface area contributed by atoms with Crippen LogP contribution in [0.1, 0.15) is 4.88 Å². The van der Waals surface area contributed by atoms with Gasteiger partial charge in [-0.15, -0.1) is 11.3 Å².